The molecule has 0 fully saturated rings. The van der Waals surface area contributed by atoms with Crippen LogP contribution in [-0.2, 0) is 0 Å². The van der Waals surface area contributed by atoms with Gasteiger partial charge < -0.3 is 5.11 Å². The van der Waals surface area contributed by atoms with E-state index in [0.29, 0.717) is 0 Å². The average Bonchev–Trinajstić information content (AvgIpc) is 1.94. The van der Waals surface area contributed by atoms with Gasteiger partial charge in [-0.3, -0.25) is 0 Å². The summed E-state index contributed by atoms with van der Waals surface area (Å²) in [7, 11) is 0. The SMILES string of the molecule is CCCC(C(O)C(F)(F)F)C(F)(F)F. The Hall–Kier alpha value is -0.460. The van der Waals surface area contributed by atoms with Crippen LogP contribution in [0.15, 0.2) is 0 Å². The normalized spacial score (nSPS) is 18.0. The van der Waals surface area contributed by atoms with Crippen molar-refractivity contribution >= 4 is 0 Å². The van der Waals surface area contributed by atoms with Crippen LogP contribution in [0.3, 0.4) is 0 Å². The first-order valence-corrected chi connectivity index (χ1v) is 3.92. The van der Waals surface area contributed by atoms with E-state index < -0.39 is 30.8 Å². The molecule has 0 aliphatic carbocycles. The number of aliphatic hydroxyl groups excluding tert-OH is 1. The van der Waals surface area contributed by atoms with Gasteiger partial charge in [-0.1, -0.05) is 13.3 Å². The molecule has 7 heteroatoms. The molecule has 0 rings (SSSR count). The van der Waals surface area contributed by atoms with Crippen molar-refractivity contribution in [3.05, 3.63) is 0 Å². The van der Waals surface area contributed by atoms with Gasteiger partial charge in [0.15, 0.2) is 6.10 Å². The van der Waals surface area contributed by atoms with Crippen LogP contribution < -0.4 is 0 Å². The number of halogens is 6. The van der Waals surface area contributed by atoms with Crippen LogP contribution in [-0.4, -0.2) is 23.6 Å². The summed E-state index contributed by atoms with van der Waals surface area (Å²) >= 11 is 0. The quantitative estimate of drug-likeness (QED) is 0.731. The first-order valence-electron chi connectivity index (χ1n) is 3.92. The molecule has 0 spiro atoms. The van der Waals surface area contributed by atoms with Crippen molar-refractivity contribution in [2.24, 2.45) is 5.92 Å². The number of alkyl halides is 6. The number of hydrogen-bond donors (Lipinski definition) is 1. The molecule has 0 radical (unpaired) electrons. The Morgan fingerprint density at radius 2 is 1.43 bits per heavy atom. The highest BCUT2D eigenvalue weighted by Crippen LogP contribution is 2.38. The lowest BCUT2D eigenvalue weighted by Gasteiger charge is -2.26. The molecule has 2 unspecified atom stereocenters. The minimum atomic E-state index is -5.23. The Kier molecular flexibility index (Phi) is 4.23. The number of rotatable bonds is 3. The molecule has 0 saturated heterocycles. The van der Waals surface area contributed by atoms with E-state index in [4.69, 9.17) is 5.11 Å². The van der Waals surface area contributed by atoms with Crippen molar-refractivity contribution in [3.8, 4) is 0 Å². The van der Waals surface area contributed by atoms with Gasteiger partial charge in [0.05, 0.1) is 5.92 Å². The van der Waals surface area contributed by atoms with Gasteiger partial charge >= 0.3 is 12.4 Å². The molecule has 1 N–H and O–H groups in total. The molecule has 0 bridgehead atoms. The summed E-state index contributed by atoms with van der Waals surface area (Å²) < 4.78 is 71.5. The average molecular weight is 224 g/mol. The van der Waals surface area contributed by atoms with Crippen LogP contribution in [0.2, 0.25) is 0 Å². The molecule has 0 aliphatic rings. The van der Waals surface area contributed by atoms with E-state index in [-0.39, 0.29) is 6.42 Å². The summed E-state index contributed by atoms with van der Waals surface area (Å²) in [5.41, 5.74) is 0. The van der Waals surface area contributed by atoms with E-state index in [1.807, 2.05) is 0 Å². The highest BCUT2D eigenvalue weighted by molar-refractivity contribution is 4.80. The predicted octanol–water partition coefficient (Wildman–Crippen LogP) is 2.89. The predicted molar refractivity (Wildman–Crippen MR) is 36.5 cm³/mol. The van der Waals surface area contributed by atoms with Crippen LogP contribution in [0.4, 0.5) is 26.3 Å². The van der Waals surface area contributed by atoms with Gasteiger partial charge in [-0.25, -0.2) is 0 Å². The van der Waals surface area contributed by atoms with E-state index in [0.717, 1.165) is 0 Å². The molecule has 0 saturated carbocycles. The van der Waals surface area contributed by atoms with Crippen molar-refractivity contribution in [2.45, 2.75) is 38.2 Å². The molecular formula is C7H10F6O. The Balaban J connectivity index is 4.67. The highest BCUT2D eigenvalue weighted by Gasteiger charge is 2.53. The maximum Gasteiger partial charge on any atom is 0.414 e. The second-order valence-electron chi connectivity index (χ2n) is 2.92. The van der Waals surface area contributed by atoms with Gasteiger partial charge in [-0.05, 0) is 6.42 Å². The first kappa shape index (κ1) is 13.5. The fourth-order valence-electron chi connectivity index (χ4n) is 1.04. The fraction of sp³-hybridized carbons (Fsp3) is 1.00. The molecule has 0 aromatic carbocycles. The third-order valence-corrected chi connectivity index (χ3v) is 1.74. The topological polar surface area (TPSA) is 20.2 Å². The molecule has 86 valence electrons. The minimum Gasteiger partial charge on any atom is -0.383 e. The lowest BCUT2D eigenvalue weighted by molar-refractivity contribution is -0.276. The molecule has 2 atom stereocenters. The van der Waals surface area contributed by atoms with Crippen LogP contribution in [0.25, 0.3) is 0 Å². The lowest BCUT2D eigenvalue weighted by atomic mass is 9.96. The Morgan fingerprint density at radius 3 is 1.64 bits per heavy atom. The van der Waals surface area contributed by atoms with Gasteiger partial charge in [0, 0.05) is 0 Å². The molecular weight excluding hydrogens is 214 g/mol. The summed E-state index contributed by atoms with van der Waals surface area (Å²) in [4.78, 5) is 0. The maximum absolute atomic E-state index is 12.0. The summed E-state index contributed by atoms with van der Waals surface area (Å²) in [5, 5.41) is 8.47. The minimum absolute atomic E-state index is 0.0721. The molecule has 0 amide bonds. The Bertz CT molecular complexity index is 172. The molecule has 1 nitrogen and oxygen atoms in total. The summed E-state index contributed by atoms with van der Waals surface area (Å²) in [6, 6.07) is 0. The van der Waals surface area contributed by atoms with Gasteiger partial charge in [-0.2, -0.15) is 26.3 Å². The van der Waals surface area contributed by atoms with E-state index in [1.54, 1.807) is 0 Å². The zero-order valence-corrected chi connectivity index (χ0v) is 7.28. The Labute approximate surface area is 76.7 Å². The second-order valence-corrected chi connectivity index (χ2v) is 2.92. The van der Waals surface area contributed by atoms with Crippen LogP contribution in [0.5, 0.6) is 0 Å². The summed E-state index contributed by atoms with van der Waals surface area (Å²) in [6.45, 7) is 1.32. The maximum atomic E-state index is 12.0. The zero-order chi connectivity index (χ0) is 11.6. The van der Waals surface area contributed by atoms with Crippen molar-refractivity contribution < 1.29 is 31.4 Å². The van der Waals surface area contributed by atoms with E-state index in [2.05, 4.69) is 0 Å². The molecule has 0 aromatic rings. The molecule has 14 heavy (non-hydrogen) atoms. The number of hydrogen-bond acceptors (Lipinski definition) is 1. The lowest BCUT2D eigenvalue weighted by Crippen LogP contribution is -2.43. The summed E-state index contributed by atoms with van der Waals surface area (Å²) in [6.07, 6.45) is -14.4. The van der Waals surface area contributed by atoms with Gasteiger partial charge in [-0.15, -0.1) is 0 Å². The summed E-state index contributed by atoms with van der Waals surface area (Å²) in [5.74, 6) is -2.73. The van der Waals surface area contributed by atoms with E-state index in [9.17, 15) is 26.3 Å². The smallest absolute Gasteiger partial charge is 0.383 e. The highest BCUT2D eigenvalue weighted by atomic mass is 19.4. The van der Waals surface area contributed by atoms with Gasteiger partial charge in [0.2, 0.25) is 0 Å². The van der Waals surface area contributed by atoms with E-state index >= 15 is 0 Å². The van der Waals surface area contributed by atoms with Crippen molar-refractivity contribution in [1.29, 1.82) is 0 Å². The van der Waals surface area contributed by atoms with Crippen LogP contribution in [0, 0.1) is 5.92 Å². The molecule has 0 aromatic heterocycles. The molecule has 0 heterocycles. The largest absolute Gasteiger partial charge is 0.414 e. The number of aliphatic hydroxyl groups is 1. The third kappa shape index (κ3) is 3.73. The first-order chi connectivity index (χ1) is 6.10. The molecule has 0 aliphatic heterocycles. The van der Waals surface area contributed by atoms with Crippen LogP contribution in [0.1, 0.15) is 19.8 Å². The van der Waals surface area contributed by atoms with E-state index in [1.165, 1.54) is 6.92 Å². The second kappa shape index (κ2) is 4.37. The third-order valence-electron chi connectivity index (χ3n) is 1.74. The van der Waals surface area contributed by atoms with Gasteiger partial charge in [0.25, 0.3) is 0 Å². The zero-order valence-electron chi connectivity index (χ0n) is 7.28. The standard InChI is InChI=1S/C7H10F6O/c1-2-3-4(6(8,9)10)5(14)7(11,12)13/h4-5,14H,2-3H2,1H3. The fourth-order valence-corrected chi connectivity index (χ4v) is 1.04. The Morgan fingerprint density at radius 1 is 1.00 bits per heavy atom. The van der Waals surface area contributed by atoms with Crippen LogP contribution >= 0.6 is 0 Å². The van der Waals surface area contributed by atoms with Crippen molar-refractivity contribution in [2.75, 3.05) is 0 Å². The monoisotopic (exact) mass is 224 g/mol. The van der Waals surface area contributed by atoms with Crippen molar-refractivity contribution in [3.63, 3.8) is 0 Å². The van der Waals surface area contributed by atoms with Gasteiger partial charge in [0.1, 0.15) is 0 Å². The van der Waals surface area contributed by atoms with Crippen molar-refractivity contribution in [1.82, 2.24) is 0 Å².